The number of halogens is 1. The van der Waals surface area contributed by atoms with Crippen LogP contribution < -0.4 is 4.90 Å². The Morgan fingerprint density at radius 1 is 1.09 bits per heavy atom. The number of likely N-dealkylation sites (N-methyl/N-ethyl adjacent to an activating group) is 1. The summed E-state index contributed by atoms with van der Waals surface area (Å²) in [6, 6.07) is 4.14. The van der Waals surface area contributed by atoms with Gasteiger partial charge in [-0.25, -0.2) is 4.79 Å². The van der Waals surface area contributed by atoms with Gasteiger partial charge in [0.15, 0.2) is 5.82 Å². The largest absolute Gasteiger partial charge is 0.468 e. The van der Waals surface area contributed by atoms with Gasteiger partial charge in [0.05, 0.1) is 13.7 Å². The molecule has 0 unspecified atom stereocenters. The summed E-state index contributed by atoms with van der Waals surface area (Å²) in [5, 5.41) is 8.30. The zero-order valence-corrected chi connectivity index (χ0v) is 22.3. The zero-order chi connectivity index (χ0) is 24.6. The van der Waals surface area contributed by atoms with Crippen LogP contribution in [-0.4, -0.2) is 91.1 Å². The fraction of sp³-hybridized carbons (Fsp3) is 0.739. The molecule has 1 fully saturated rings. The van der Waals surface area contributed by atoms with Gasteiger partial charge in [-0.05, 0) is 80.4 Å². The van der Waals surface area contributed by atoms with E-state index in [1.54, 1.807) is 11.9 Å². The Balaban J connectivity index is 1.89. The smallest absolute Gasteiger partial charge is 0.410 e. The van der Waals surface area contributed by atoms with E-state index in [0.717, 1.165) is 42.6 Å². The molecule has 0 N–H and O–H groups in total. The van der Waals surface area contributed by atoms with Crippen molar-refractivity contribution < 1.29 is 19.1 Å². The maximum atomic E-state index is 12.3. The lowest BCUT2D eigenvalue weighted by Gasteiger charge is -2.38. The van der Waals surface area contributed by atoms with E-state index in [2.05, 4.69) is 35.9 Å². The van der Waals surface area contributed by atoms with Gasteiger partial charge in [0.1, 0.15) is 10.2 Å². The molecule has 1 aliphatic carbocycles. The van der Waals surface area contributed by atoms with Gasteiger partial charge in [0.25, 0.3) is 0 Å². The Labute approximate surface area is 205 Å². The van der Waals surface area contributed by atoms with Crippen molar-refractivity contribution >= 4 is 33.8 Å². The van der Waals surface area contributed by atoms with Crippen molar-refractivity contribution in [2.45, 2.75) is 58.1 Å². The number of carbonyl (C=O) groups excluding carboxylic acids is 2. The van der Waals surface area contributed by atoms with Crippen molar-refractivity contribution in [3.8, 4) is 0 Å². The van der Waals surface area contributed by atoms with E-state index in [1.165, 1.54) is 7.11 Å². The summed E-state index contributed by atoms with van der Waals surface area (Å²) >= 11 is 3.32. The normalized spacial score (nSPS) is 18.7. The summed E-state index contributed by atoms with van der Waals surface area (Å²) in [5.74, 6) is 1.16. The van der Waals surface area contributed by atoms with Crippen molar-refractivity contribution in [1.29, 1.82) is 0 Å². The molecule has 0 aromatic carbocycles. The first-order chi connectivity index (χ1) is 15.5. The zero-order valence-electron chi connectivity index (χ0n) is 20.7. The molecule has 186 valence electrons. The van der Waals surface area contributed by atoms with Crippen molar-refractivity contribution in [3.05, 3.63) is 16.7 Å². The highest BCUT2D eigenvalue weighted by Crippen LogP contribution is 2.29. The number of aromatic nitrogens is 2. The lowest BCUT2D eigenvalue weighted by molar-refractivity contribution is -0.142. The van der Waals surface area contributed by atoms with Gasteiger partial charge in [0, 0.05) is 39.8 Å². The number of hydrogen-bond donors (Lipinski definition) is 0. The van der Waals surface area contributed by atoms with E-state index < -0.39 is 5.60 Å². The predicted octanol–water partition coefficient (Wildman–Crippen LogP) is 3.58. The van der Waals surface area contributed by atoms with Gasteiger partial charge in [-0.3, -0.25) is 9.69 Å². The standard InChI is InChI=1S/C23H38BrN5O4/c1-23(2,3)33-22(31)27(4)13-14-29(16-21(30)32-6)18-9-7-17(8-10-18)15-28(5)20-12-11-19(24)25-26-20/h11-12,17-18H,7-10,13-16H2,1-6H3/t17-,18-. The third-order valence-electron chi connectivity index (χ3n) is 5.86. The van der Waals surface area contributed by atoms with Crippen molar-refractivity contribution in [1.82, 2.24) is 20.0 Å². The van der Waals surface area contributed by atoms with Crippen molar-refractivity contribution in [3.63, 3.8) is 0 Å². The van der Waals surface area contributed by atoms with Crippen molar-refractivity contribution in [2.24, 2.45) is 5.92 Å². The summed E-state index contributed by atoms with van der Waals surface area (Å²) < 4.78 is 11.1. The minimum Gasteiger partial charge on any atom is -0.468 e. The van der Waals surface area contributed by atoms with E-state index in [0.29, 0.717) is 19.0 Å². The van der Waals surface area contributed by atoms with Crippen LogP contribution in [0.1, 0.15) is 46.5 Å². The lowest BCUT2D eigenvalue weighted by atomic mass is 9.85. The molecule has 1 saturated carbocycles. The molecular weight excluding hydrogens is 490 g/mol. The van der Waals surface area contributed by atoms with Crippen LogP contribution in [0.2, 0.25) is 0 Å². The van der Waals surface area contributed by atoms with Crippen LogP contribution in [-0.2, 0) is 14.3 Å². The van der Waals surface area contributed by atoms with E-state index >= 15 is 0 Å². The number of rotatable bonds is 9. The fourth-order valence-corrected chi connectivity index (χ4v) is 4.23. The molecule has 0 spiro atoms. The third kappa shape index (κ3) is 9.44. The van der Waals surface area contributed by atoms with Gasteiger partial charge < -0.3 is 19.3 Å². The maximum absolute atomic E-state index is 12.3. The predicted molar refractivity (Wildman–Crippen MR) is 131 cm³/mol. The molecule has 2 rings (SSSR count). The number of carbonyl (C=O) groups is 2. The number of nitrogens with zero attached hydrogens (tertiary/aromatic N) is 5. The van der Waals surface area contributed by atoms with E-state index in [4.69, 9.17) is 9.47 Å². The monoisotopic (exact) mass is 527 g/mol. The second kappa shape index (κ2) is 12.5. The molecular formula is C23H38BrN5O4. The van der Waals surface area contributed by atoms with Gasteiger partial charge >= 0.3 is 12.1 Å². The number of esters is 1. The Kier molecular flexibility index (Phi) is 10.3. The molecule has 0 atom stereocenters. The molecule has 1 heterocycles. The topological polar surface area (TPSA) is 88.1 Å². The van der Waals surface area contributed by atoms with Crippen molar-refractivity contribution in [2.75, 3.05) is 52.3 Å². The quantitative estimate of drug-likeness (QED) is 0.450. The van der Waals surface area contributed by atoms with Crippen LogP contribution in [0.3, 0.4) is 0 Å². The minimum atomic E-state index is -0.537. The van der Waals surface area contributed by atoms with Gasteiger partial charge in [0.2, 0.25) is 0 Å². The molecule has 1 aromatic heterocycles. The summed E-state index contributed by atoms with van der Waals surface area (Å²) in [5.41, 5.74) is -0.537. The van der Waals surface area contributed by atoms with Crippen LogP contribution in [0, 0.1) is 5.92 Å². The highest BCUT2D eigenvalue weighted by molar-refractivity contribution is 9.10. The molecule has 1 aromatic rings. The summed E-state index contributed by atoms with van der Waals surface area (Å²) in [4.78, 5) is 30.2. The fourth-order valence-electron chi connectivity index (χ4n) is 4.02. The van der Waals surface area contributed by atoms with Gasteiger partial charge in [-0.1, -0.05) is 0 Å². The minimum absolute atomic E-state index is 0.225. The molecule has 9 nitrogen and oxygen atoms in total. The first-order valence-electron chi connectivity index (χ1n) is 11.4. The van der Waals surface area contributed by atoms with E-state index in [9.17, 15) is 9.59 Å². The van der Waals surface area contributed by atoms with Gasteiger partial charge in [-0.2, -0.15) is 0 Å². The molecule has 10 heteroatoms. The number of ether oxygens (including phenoxy) is 2. The van der Waals surface area contributed by atoms with Crippen LogP contribution >= 0.6 is 15.9 Å². The first kappa shape index (κ1) is 27.3. The van der Waals surface area contributed by atoms with Crippen LogP contribution in [0.4, 0.5) is 10.6 Å². The molecule has 1 amide bonds. The molecule has 0 saturated heterocycles. The van der Waals surface area contributed by atoms with Crippen LogP contribution in [0.5, 0.6) is 0 Å². The maximum Gasteiger partial charge on any atom is 0.410 e. The number of hydrogen-bond acceptors (Lipinski definition) is 8. The van der Waals surface area contributed by atoms with Crippen LogP contribution in [0.25, 0.3) is 0 Å². The number of methoxy groups -OCH3 is 1. The summed E-state index contributed by atoms with van der Waals surface area (Å²) in [6.45, 7) is 7.76. The van der Waals surface area contributed by atoms with E-state index in [1.807, 2.05) is 40.0 Å². The molecule has 33 heavy (non-hydrogen) atoms. The Morgan fingerprint density at radius 2 is 1.76 bits per heavy atom. The van der Waals surface area contributed by atoms with Gasteiger partial charge in [-0.15, -0.1) is 10.2 Å². The molecule has 0 bridgehead atoms. The molecule has 1 aliphatic rings. The first-order valence-corrected chi connectivity index (χ1v) is 12.2. The highest BCUT2D eigenvalue weighted by atomic mass is 79.9. The molecule has 0 radical (unpaired) electrons. The summed E-state index contributed by atoms with van der Waals surface area (Å²) in [7, 11) is 5.17. The summed E-state index contributed by atoms with van der Waals surface area (Å²) in [6.07, 6.45) is 3.77. The SMILES string of the molecule is COC(=O)CN(CCN(C)C(=O)OC(C)(C)C)[C@H]1CC[C@H](CN(C)c2ccc(Br)nn2)CC1. The Bertz CT molecular complexity index is 763. The second-order valence-electron chi connectivity index (χ2n) is 9.72. The lowest BCUT2D eigenvalue weighted by Crippen LogP contribution is -2.46. The highest BCUT2D eigenvalue weighted by Gasteiger charge is 2.29. The number of amides is 1. The Hall–Kier alpha value is -1.94. The molecule has 0 aliphatic heterocycles. The average molecular weight is 528 g/mol. The van der Waals surface area contributed by atoms with E-state index in [-0.39, 0.29) is 24.6 Å². The second-order valence-corrected chi connectivity index (χ2v) is 10.5. The number of anilines is 1. The Morgan fingerprint density at radius 3 is 2.30 bits per heavy atom. The van der Waals surface area contributed by atoms with Crippen LogP contribution in [0.15, 0.2) is 16.7 Å². The third-order valence-corrected chi connectivity index (χ3v) is 6.28. The average Bonchev–Trinajstić information content (AvgIpc) is 2.76.